The van der Waals surface area contributed by atoms with Crippen LogP contribution in [0, 0.1) is 5.92 Å². The molecule has 1 saturated heterocycles. The monoisotopic (exact) mass is 376 g/mol. The Kier molecular flexibility index (Phi) is 5.53. The molecule has 3 unspecified atom stereocenters. The average Bonchev–Trinajstić information content (AvgIpc) is 3.23. The molecule has 1 aromatic rings. The Hall–Kier alpha value is -2.77. The molecule has 2 fully saturated rings. The van der Waals surface area contributed by atoms with Crippen LogP contribution in [0.5, 0.6) is 11.5 Å². The molecule has 27 heavy (non-hydrogen) atoms. The third-order valence-corrected chi connectivity index (χ3v) is 4.82. The van der Waals surface area contributed by atoms with E-state index in [1.54, 1.807) is 13.0 Å². The molecule has 2 N–H and O–H groups in total. The zero-order valence-corrected chi connectivity index (χ0v) is 15.4. The van der Waals surface area contributed by atoms with Crippen molar-refractivity contribution in [2.45, 2.75) is 38.8 Å². The van der Waals surface area contributed by atoms with Gasteiger partial charge in [0.2, 0.25) is 5.91 Å². The highest BCUT2D eigenvalue weighted by Gasteiger charge is 2.44. The second-order valence-electron chi connectivity index (χ2n) is 6.98. The van der Waals surface area contributed by atoms with E-state index in [2.05, 4.69) is 12.2 Å². The number of carboxylic acid groups (broad SMARTS) is 1. The van der Waals surface area contributed by atoms with Crippen molar-refractivity contribution in [3.63, 3.8) is 0 Å². The highest BCUT2D eigenvalue weighted by molar-refractivity contribution is 5.95. The Bertz CT molecular complexity index is 750. The van der Waals surface area contributed by atoms with Crippen molar-refractivity contribution in [1.29, 1.82) is 0 Å². The van der Waals surface area contributed by atoms with Crippen molar-refractivity contribution in [1.82, 2.24) is 10.2 Å². The Balaban J connectivity index is 1.64. The van der Waals surface area contributed by atoms with E-state index in [0.717, 1.165) is 6.42 Å². The van der Waals surface area contributed by atoms with E-state index in [1.807, 2.05) is 4.90 Å². The first-order valence-electron chi connectivity index (χ1n) is 9.10. The summed E-state index contributed by atoms with van der Waals surface area (Å²) in [6, 6.07) is 4.69. The molecular weight excluding hydrogens is 352 g/mol. The number of carboxylic acids is 1. The van der Waals surface area contributed by atoms with Crippen LogP contribution in [0.2, 0.25) is 0 Å². The summed E-state index contributed by atoms with van der Waals surface area (Å²) in [5.74, 6) is -0.204. The molecule has 1 aliphatic carbocycles. The number of likely N-dealkylation sites (tertiary alicyclic amines) is 1. The lowest BCUT2D eigenvalue weighted by Gasteiger charge is -2.17. The first-order chi connectivity index (χ1) is 12.9. The molecule has 1 heterocycles. The summed E-state index contributed by atoms with van der Waals surface area (Å²) in [4.78, 5) is 37.2. The van der Waals surface area contributed by atoms with Crippen molar-refractivity contribution in [3.05, 3.63) is 23.8 Å². The van der Waals surface area contributed by atoms with E-state index in [9.17, 15) is 14.4 Å². The van der Waals surface area contributed by atoms with Crippen LogP contribution in [0.3, 0.4) is 0 Å². The first kappa shape index (κ1) is 19.0. The van der Waals surface area contributed by atoms with E-state index in [1.165, 1.54) is 12.1 Å². The lowest BCUT2D eigenvalue weighted by atomic mass is 10.1. The topological polar surface area (TPSA) is 105 Å². The number of ether oxygens (including phenoxy) is 2. The smallest absolute Gasteiger partial charge is 0.341 e. The molecule has 0 aromatic heterocycles. The summed E-state index contributed by atoms with van der Waals surface area (Å²) in [5.41, 5.74) is 0.367. The molecular formula is C19H24N2O6. The Morgan fingerprint density at radius 1 is 1.30 bits per heavy atom. The third kappa shape index (κ3) is 4.50. The second kappa shape index (κ2) is 7.85. The van der Waals surface area contributed by atoms with Gasteiger partial charge in [0, 0.05) is 24.6 Å². The van der Waals surface area contributed by atoms with Gasteiger partial charge in [0.25, 0.3) is 5.91 Å². The lowest BCUT2D eigenvalue weighted by molar-refractivity contribution is -0.139. The first-order valence-corrected chi connectivity index (χ1v) is 9.10. The predicted octanol–water partition coefficient (Wildman–Crippen LogP) is 1.29. The minimum atomic E-state index is -1.10. The Morgan fingerprint density at radius 2 is 2.04 bits per heavy atom. The highest BCUT2D eigenvalue weighted by atomic mass is 16.5. The summed E-state index contributed by atoms with van der Waals surface area (Å²) in [7, 11) is 0. The van der Waals surface area contributed by atoms with Crippen LogP contribution < -0.4 is 14.8 Å². The molecule has 2 amide bonds. The summed E-state index contributed by atoms with van der Waals surface area (Å²) < 4.78 is 10.6. The fraction of sp³-hybridized carbons (Fsp3) is 0.526. The number of hydrogen-bond acceptors (Lipinski definition) is 5. The fourth-order valence-corrected chi connectivity index (χ4v) is 3.33. The zero-order chi connectivity index (χ0) is 19.6. The van der Waals surface area contributed by atoms with Crippen LogP contribution in [0.15, 0.2) is 18.2 Å². The largest absolute Gasteiger partial charge is 0.490 e. The van der Waals surface area contributed by atoms with Crippen LogP contribution in [0.4, 0.5) is 0 Å². The molecule has 8 heteroatoms. The molecule has 1 aromatic carbocycles. The van der Waals surface area contributed by atoms with Gasteiger partial charge in [-0.1, -0.05) is 6.92 Å². The Morgan fingerprint density at radius 3 is 2.67 bits per heavy atom. The number of carbonyl (C=O) groups excluding carboxylic acids is 2. The second-order valence-corrected chi connectivity index (χ2v) is 6.98. The summed E-state index contributed by atoms with van der Waals surface area (Å²) in [6.07, 6.45) is 1.34. The molecule has 3 atom stereocenters. The maximum Gasteiger partial charge on any atom is 0.341 e. The maximum atomic E-state index is 12.6. The van der Waals surface area contributed by atoms with E-state index in [-0.39, 0.29) is 23.6 Å². The summed E-state index contributed by atoms with van der Waals surface area (Å²) in [5, 5.41) is 11.6. The van der Waals surface area contributed by atoms with Gasteiger partial charge in [0.05, 0.1) is 12.6 Å². The molecule has 0 bridgehead atoms. The van der Waals surface area contributed by atoms with Gasteiger partial charge in [0.15, 0.2) is 18.1 Å². The number of hydrogen-bond donors (Lipinski definition) is 2. The van der Waals surface area contributed by atoms with E-state index in [4.69, 9.17) is 14.6 Å². The number of amides is 2. The minimum absolute atomic E-state index is 0.0853. The van der Waals surface area contributed by atoms with E-state index >= 15 is 0 Å². The maximum absolute atomic E-state index is 12.6. The number of carbonyl (C=O) groups is 3. The SMILES string of the molecule is CCOc1cc(C(=O)NC2CC(=O)N(C3CC3C)C2)ccc1OCC(=O)O. The fourth-order valence-electron chi connectivity index (χ4n) is 3.33. The van der Waals surface area contributed by atoms with Crippen LogP contribution in [0.25, 0.3) is 0 Å². The quantitative estimate of drug-likeness (QED) is 0.708. The molecule has 1 saturated carbocycles. The molecule has 3 rings (SSSR count). The molecule has 146 valence electrons. The molecule has 0 spiro atoms. The van der Waals surface area contributed by atoms with Gasteiger partial charge >= 0.3 is 5.97 Å². The lowest BCUT2D eigenvalue weighted by Crippen LogP contribution is -2.37. The minimum Gasteiger partial charge on any atom is -0.490 e. The molecule has 0 radical (unpaired) electrons. The van der Waals surface area contributed by atoms with E-state index in [0.29, 0.717) is 42.8 Å². The standard InChI is InChI=1S/C19H24N2O6/c1-3-26-16-7-12(4-5-15(16)27-10-18(23)24)19(25)20-13-8-17(22)21(9-13)14-6-11(14)2/h4-5,7,11,13-14H,3,6,8-10H2,1-2H3,(H,20,25)(H,23,24). The normalized spacial score (nSPS) is 23.9. The van der Waals surface area contributed by atoms with Gasteiger partial charge in [-0.05, 0) is 37.5 Å². The molecule has 2 aliphatic rings. The van der Waals surface area contributed by atoms with Crippen LogP contribution in [-0.4, -0.2) is 59.6 Å². The van der Waals surface area contributed by atoms with Crippen molar-refractivity contribution >= 4 is 17.8 Å². The van der Waals surface area contributed by atoms with Gasteiger partial charge in [-0.25, -0.2) is 4.79 Å². The number of rotatable bonds is 8. The number of aliphatic carboxylic acids is 1. The average molecular weight is 376 g/mol. The van der Waals surface area contributed by atoms with E-state index < -0.39 is 12.6 Å². The van der Waals surface area contributed by atoms with Crippen molar-refractivity contribution in [3.8, 4) is 11.5 Å². The number of benzene rings is 1. The van der Waals surface area contributed by atoms with Gasteiger partial charge in [-0.15, -0.1) is 0 Å². The highest BCUT2D eigenvalue weighted by Crippen LogP contribution is 2.37. The summed E-state index contributed by atoms with van der Waals surface area (Å²) >= 11 is 0. The molecule has 8 nitrogen and oxygen atoms in total. The van der Waals surface area contributed by atoms with Gasteiger partial charge < -0.3 is 24.8 Å². The van der Waals surface area contributed by atoms with Crippen LogP contribution >= 0.6 is 0 Å². The van der Waals surface area contributed by atoms with Crippen molar-refractivity contribution in [2.24, 2.45) is 5.92 Å². The van der Waals surface area contributed by atoms with Crippen molar-refractivity contribution in [2.75, 3.05) is 19.8 Å². The van der Waals surface area contributed by atoms with Gasteiger partial charge in [-0.2, -0.15) is 0 Å². The van der Waals surface area contributed by atoms with Gasteiger partial charge in [0.1, 0.15) is 0 Å². The number of nitrogens with zero attached hydrogens (tertiary/aromatic N) is 1. The Labute approximate surface area is 157 Å². The molecule has 1 aliphatic heterocycles. The van der Waals surface area contributed by atoms with Gasteiger partial charge in [-0.3, -0.25) is 9.59 Å². The third-order valence-electron chi connectivity index (χ3n) is 4.82. The van der Waals surface area contributed by atoms with Crippen molar-refractivity contribution < 1.29 is 29.0 Å². The zero-order valence-electron chi connectivity index (χ0n) is 15.4. The predicted molar refractivity (Wildman–Crippen MR) is 95.9 cm³/mol. The number of nitrogens with one attached hydrogen (secondary N) is 1. The van der Waals surface area contributed by atoms with Crippen LogP contribution in [-0.2, 0) is 9.59 Å². The summed E-state index contributed by atoms with van der Waals surface area (Å²) in [6.45, 7) is 4.29. The van der Waals surface area contributed by atoms with Crippen LogP contribution in [0.1, 0.15) is 37.0 Å².